The van der Waals surface area contributed by atoms with E-state index in [1.54, 1.807) is 19.2 Å². The molecule has 2 unspecified atom stereocenters. The third-order valence-corrected chi connectivity index (χ3v) is 5.05. The number of carbonyl (C=O) groups is 2. The van der Waals surface area contributed by atoms with Gasteiger partial charge in [-0.3, -0.25) is 0 Å². The van der Waals surface area contributed by atoms with Crippen molar-refractivity contribution in [3.8, 4) is 5.75 Å². The van der Waals surface area contributed by atoms with Gasteiger partial charge in [0.2, 0.25) is 0 Å². The van der Waals surface area contributed by atoms with Crippen LogP contribution in [0.3, 0.4) is 0 Å². The molecule has 1 aliphatic rings. The van der Waals surface area contributed by atoms with E-state index in [0.29, 0.717) is 24.3 Å². The molecule has 2 atom stereocenters. The first-order valence-electron chi connectivity index (χ1n) is 8.68. The Bertz CT molecular complexity index is 834. The van der Waals surface area contributed by atoms with Crippen molar-refractivity contribution in [1.29, 1.82) is 0 Å². The molecule has 1 aliphatic carbocycles. The van der Waals surface area contributed by atoms with Crippen molar-refractivity contribution in [3.63, 3.8) is 0 Å². The maximum atomic E-state index is 11.8. The summed E-state index contributed by atoms with van der Waals surface area (Å²) in [6.07, 6.45) is 10.5. The Morgan fingerprint density at radius 2 is 2.20 bits per heavy atom. The van der Waals surface area contributed by atoms with Crippen LogP contribution in [0.25, 0.3) is 10.9 Å². The average Bonchev–Trinajstić information content (AvgIpc) is 3.03. The predicted octanol–water partition coefficient (Wildman–Crippen LogP) is 4.07. The molecule has 0 saturated carbocycles. The summed E-state index contributed by atoms with van der Waals surface area (Å²) >= 11 is 0. The van der Waals surface area contributed by atoms with E-state index < -0.39 is 5.97 Å². The van der Waals surface area contributed by atoms with Crippen LogP contribution in [-0.2, 0) is 11.2 Å². The molecule has 3 rings (SSSR count). The number of nitrogens with one attached hydrogen (secondary N) is 1. The Kier molecular flexibility index (Phi) is 4.93. The first-order valence-corrected chi connectivity index (χ1v) is 8.68. The topological polar surface area (TPSA) is 90.4 Å². The minimum atomic E-state index is -1.16. The maximum Gasteiger partial charge on any atom is 0.341 e. The van der Waals surface area contributed by atoms with Gasteiger partial charge in [0.25, 0.3) is 0 Å². The zero-order valence-corrected chi connectivity index (χ0v) is 14.3. The number of aromatic carboxylic acids is 1. The van der Waals surface area contributed by atoms with E-state index in [1.807, 2.05) is 6.07 Å². The number of carboxylic acids is 1. The number of allylic oxidation sites excluding steroid dienone is 2. The number of hydrogen-bond donors (Lipinski definition) is 3. The molecule has 0 radical (unpaired) electrons. The van der Waals surface area contributed by atoms with Crippen LogP contribution in [0.15, 0.2) is 30.5 Å². The average molecular weight is 341 g/mol. The quantitative estimate of drug-likeness (QED) is 0.691. The summed E-state index contributed by atoms with van der Waals surface area (Å²) in [6, 6.07) is 3.37. The number of phenols is 1. The van der Waals surface area contributed by atoms with Crippen LogP contribution in [0, 0.1) is 11.8 Å². The van der Waals surface area contributed by atoms with E-state index in [4.69, 9.17) is 0 Å². The first-order chi connectivity index (χ1) is 12.0. The third kappa shape index (κ3) is 3.60. The highest BCUT2D eigenvalue weighted by molar-refractivity contribution is 6.05. The number of rotatable bonds is 6. The molecule has 2 aromatic rings. The van der Waals surface area contributed by atoms with E-state index in [-0.39, 0.29) is 23.0 Å². The van der Waals surface area contributed by atoms with Crippen molar-refractivity contribution in [1.82, 2.24) is 4.98 Å². The highest BCUT2D eigenvalue weighted by atomic mass is 16.4. The van der Waals surface area contributed by atoms with E-state index in [1.165, 1.54) is 0 Å². The van der Waals surface area contributed by atoms with Crippen molar-refractivity contribution in [3.05, 3.63) is 41.6 Å². The number of fused-ring (bicyclic) bond motifs is 1. The Labute approximate surface area is 146 Å². The van der Waals surface area contributed by atoms with E-state index >= 15 is 0 Å². The van der Waals surface area contributed by atoms with Crippen LogP contribution in [0.5, 0.6) is 5.75 Å². The minimum Gasteiger partial charge on any atom is -0.507 e. The lowest BCUT2D eigenvalue weighted by Gasteiger charge is -2.26. The van der Waals surface area contributed by atoms with Crippen LogP contribution < -0.4 is 0 Å². The SMILES string of the molecule is CC(=O)CC(Cc1cc(O)c(C(=O)O)c2[nH]ccc12)C1C=CCCC1. The Morgan fingerprint density at radius 3 is 2.84 bits per heavy atom. The number of H-pyrrole nitrogens is 1. The van der Waals surface area contributed by atoms with E-state index in [9.17, 15) is 19.8 Å². The Morgan fingerprint density at radius 1 is 1.40 bits per heavy atom. The van der Waals surface area contributed by atoms with Gasteiger partial charge in [0.1, 0.15) is 17.1 Å². The summed E-state index contributed by atoms with van der Waals surface area (Å²) in [5.41, 5.74) is 1.21. The molecule has 1 aromatic carbocycles. The summed E-state index contributed by atoms with van der Waals surface area (Å²) in [4.78, 5) is 26.1. The number of aromatic hydroxyl groups is 1. The number of hydrogen-bond acceptors (Lipinski definition) is 3. The van der Waals surface area contributed by atoms with Crippen LogP contribution in [-0.4, -0.2) is 26.9 Å². The number of ketones is 1. The summed E-state index contributed by atoms with van der Waals surface area (Å²) in [5, 5.41) is 20.3. The first kappa shape index (κ1) is 17.3. The van der Waals surface area contributed by atoms with Crippen LogP contribution >= 0.6 is 0 Å². The van der Waals surface area contributed by atoms with E-state index in [2.05, 4.69) is 17.1 Å². The maximum absolute atomic E-state index is 11.8. The van der Waals surface area contributed by atoms with Gasteiger partial charge in [0.15, 0.2) is 0 Å². The third-order valence-electron chi connectivity index (χ3n) is 5.05. The smallest absolute Gasteiger partial charge is 0.341 e. The van der Waals surface area contributed by atoms with Gasteiger partial charge in [-0.25, -0.2) is 4.79 Å². The molecule has 0 amide bonds. The minimum absolute atomic E-state index is 0.107. The van der Waals surface area contributed by atoms with Gasteiger partial charge < -0.3 is 20.0 Å². The lowest BCUT2D eigenvalue weighted by atomic mass is 9.78. The van der Waals surface area contributed by atoms with Crippen molar-refractivity contribution in [2.75, 3.05) is 0 Å². The van der Waals surface area contributed by atoms with Crippen molar-refractivity contribution in [2.45, 2.75) is 39.0 Å². The Hall–Kier alpha value is -2.56. The molecule has 3 N–H and O–H groups in total. The standard InChI is InChI=1S/C20H23NO4/c1-12(22)9-14(13-5-3-2-4-6-13)10-15-11-17(23)18(20(24)25)19-16(15)7-8-21-19/h3,5,7-8,11,13-14,21,23H,2,4,6,9-10H2,1H3,(H,24,25). The van der Waals surface area contributed by atoms with Gasteiger partial charge in [-0.1, -0.05) is 12.2 Å². The van der Waals surface area contributed by atoms with E-state index in [0.717, 1.165) is 30.2 Å². The predicted molar refractivity (Wildman–Crippen MR) is 95.9 cm³/mol. The number of carboxylic acid groups (broad SMARTS) is 1. The molecule has 25 heavy (non-hydrogen) atoms. The molecule has 1 aromatic heterocycles. The molecular formula is C20H23NO4. The van der Waals surface area contributed by atoms with Crippen molar-refractivity contribution < 1.29 is 19.8 Å². The van der Waals surface area contributed by atoms with Crippen molar-refractivity contribution >= 4 is 22.7 Å². The number of carbonyl (C=O) groups excluding carboxylic acids is 1. The van der Waals surface area contributed by atoms with Crippen LogP contribution in [0.4, 0.5) is 0 Å². The second kappa shape index (κ2) is 7.13. The zero-order valence-electron chi connectivity index (χ0n) is 14.3. The van der Waals surface area contributed by atoms with Gasteiger partial charge >= 0.3 is 5.97 Å². The number of aromatic nitrogens is 1. The van der Waals surface area contributed by atoms with Gasteiger partial charge in [-0.15, -0.1) is 0 Å². The summed E-state index contributed by atoms with van der Waals surface area (Å²) in [5.74, 6) is -0.749. The molecule has 0 fully saturated rings. The fraction of sp³-hybridized carbons (Fsp3) is 0.400. The fourth-order valence-corrected chi connectivity index (χ4v) is 3.93. The summed E-state index contributed by atoms with van der Waals surface area (Å²) in [6.45, 7) is 1.61. The second-order valence-electron chi connectivity index (χ2n) is 6.89. The highest BCUT2D eigenvalue weighted by Crippen LogP contribution is 2.35. The fourth-order valence-electron chi connectivity index (χ4n) is 3.93. The number of Topliss-reactive ketones (excluding diaryl/α,β-unsaturated/α-hetero) is 1. The van der Waals surface area contributed by atoms with Crippen LogP contribution in [0.1, 0.15) is 48.5 Å². The molecular weight excluding hydrogens is 318 g/mol. The van der Waals surface area contributed by atoms with Crippen LogP contribution in [0.2, 0.25) is 0 Å². The molecule has 1 heterocycles. The largest absolute Gasteiger partial charge is 0.507 e. The molecule has 0 saturated heterocycles. The zero-order chi connectivity index (χ0) is 18.0. The summed E-state index contributed by atoms with van der Waals surface area (Å²) < 4.78 is 0. The normalized spacial score (nSPS) is 18.4. The molecule has 5 nitrogen and oxygen atoms in total. The lowest BCUT2D eigenvalue weighted by molar-refractivity contribution is -0.118. The van der Waals surface area contributed by atoms with Gasteiger partial charge in [-0.05, 0) is 62.1 Å². The molecule has 0 spiro atoms. The second-order valence-corrected chi connectivity index (χ2v) is 6.89. The monoisotopic (exact) mass is 341 g/mol. The number of benzene rings is 1. The molecule has 5 heteroatoms. The highest BCUT2D eigenvalue weighted by Gasteiger charge is 2.25. The number of aromatic amines is 1. The molecule has 0 bridgehead atoms. The van der Waals surface area contributed by atoms with Gasteiger partial charge in [0, 0.05) is 18.0 Å². The Balaban J connectivity index is 1.99. The van der Waals surface area contributed by atoms with Gasteiger partial charge in [-0.2, -0.15) is 0 Å². The van der Waals surface area contributed by atoms with Crippen molar-refractivity contribution in [2.24, 2.45) is 11.8 Å². The molecule has 132 valence electrons. The van der Waals surface area contributed by atoms with Gasteiger partial charge in [0.05, 0.1) is 5.52 Å². The molecule has 0 aliphatic heterocycles. The lowest BCUT2D eigenvalue weighted by Crippen LogP contribution is -2.20. The summed E-state index contributed by atoms with van der Waals surface area (Å²) in [7, 11) is 0.